The van der Waals surface area contributed by atoms with E-state index in [1.165, 1.54) is 25.7 Å². The molecule has 3 rings (SSSR count). The highest BCUT2D eigenvalue weighted by atomic mass is 16.2. The molecule has 1 heterocycles. The molecule has 21 heavy (non-hydrogen) atoms. The lowest BCUT2D eigenvalue weighted by Crippen LogP contribution is -2.40. The molecule has 3 unspecified atom stereocenters. The van der Waals surface area contributed by atoms with Gasteiger partial charge in [-0.05, 0) is 37.0 Å². The highest BCUT2D eigenvalue weighted by Crippen LogP contribution is 2.47. The monoisotopic (exact) mass is 291 g/mol. The van der Waals surface area contributed by atoms with Crippen LogP contribution in [0.5, 0.6) is 0 Å². The van der Waals surface area contributed by atoms with Crippen molar-refractivity contribution in [2.45, 2.75) is 45.6 Å². The van der Waals surface area contributed by atoms with Gasteiger partial charge < -0.3 is 15.2 Å². The van der Waals surface area contributed by atoms with Crippen molar-refractivity contribution in [3.05, 3.63) is 12.2 Å². The van der Waals surface area contributed by atoms with Gasteiger partial charge in [-0.1, -0.05) is 13.3 Å². The molecule has 6 heteroatoms. The topological polar surface area (TPSA) is 71.8 Å². The Kier molecular flexibility index (Phi) is 4.41. The van der Waals surface area contributed by atoms with Crippen LogP contribution in [0.3, 0.4) is 0 Å². The van der Waals surface area contributed by atoms with Crippen LogP contribution in [-0.4, -0.2) is 33.9 Å². The first kappa shape index (κ1) is 14.4. The van der Waals surface area contributed by atoms with Crippen LogP contribution in [0.15, 0.2) is 6.33 Å². The van der Waals surface area contributed by atoms with E-state index in [-0.39, 0.29) is 6.03 Å². The lowest BCUT2D eigenvalue weighted by molar-refractivity contribution is 0.234. The van der Waals surface area contributed by atoms with Gasteiger partial charge in [0.15, 0.2) is 0 Å². The number of carbonyl (C=O) groups is 1. The van der Waals surface area contributed by atoms with Crippen molar-refractivity contribution >= 4 is 6.03 Å². The van der Waals surface area contributed by atoms with E-state index in [2.05, 4.69) is 27.8 Å². The average Bonchev–Trinajstić information content (AvgIpc) is 3.21. The molecular weight excluding hydrogens is 266 g/mol. The van der Waals surface area contributed by atoms with E-state index >= 15 is 0 Å². The van der Waals surface area contributed by atoms with Crippen LogP contribution >= 0.6 is 0 Å². The number of aryl methyl sites for hydroxylation is 1. The Morgan fingerprint density at radius 3 is 3.00 bits per heavy atom. The van der Waals surface area contributed by atoms with E-state index in [1.807, 2.05) is 4.57 Å². The minimum Gasteiger partial charge on any atom is -0.338 e. The number of amides is 2. The summed E-state index contributed by atoms with van der Waals surface area (Å²) in [6.45, 7) is 4.21. The molecule has 0 spiro atoms. The summed E-state index contributed by atoms with van der Waals surface area (Å²) in [4.78, 5) is 11.8. The first-order chi connectivity index (χ1) is 10.3. The van der Waals surface area contributed by atoms with Gasteiger partial charge in [0.1, 0.15) is 12.2 Å². The second kappa shape index (κ2) is 6.45. The van der Waals surface area contributed by atoms with Crippen molar-refractivity contribution in [2.75, 3.05) is 13.1 Å². The molecule has 1 aromatic heterocycles. The Hall–Kier alpha value is -1.59. The Balaban J connectivity index is 1.33. The molecule has 2 fully saturated rings. The fraction of sp³-hybridized carbons (Fsp3) is 0.800. The molecule has 3 atom stereocenters. The molecule has 2 N–H and O–H groups in total. The standard InChI is InChI=1S/C15H25N5O/c1-2-14-19-18-10-20(14)6-5-16-15(21)17-9-13-8-11-3-4-12(13)7-11/h10-13H,2-9H2,1H3,(H2,16,17,21). The maximum absolute atomic E-state index is 11.8. The summed E-state index contributed by atoms with van der Waals surface area (Å²) in [5.41, 5.74) is 0. The van der Waals surface area contributed by atoms with Crippen molar-refractivity contribution in [3.8, 4) is 0 Å². The van der Waals surface area contributed by atoms with Crippen molar-refractivity contribution in [2.24, 2.45) is 17.8 Å². The molecule has 2 amide bonds. The van der Waals surface area contributed by atoms with Crippen LogP contribution < -0.4 is 10.6 Å². The summed E-state index contributed by atoms with van der Waals surface area (Å²) in [6, 6.07) is -0.0519. The van der Waals surface area contributed by atoms with Gasteiger partial charge in [-0.25, -0.2) is 4.79 Å². The minimum absolute atomic E-state index is 0.0519. The van der Waals surface area contributed by atoms with Gasteiger partial charge in [-0.15, -0.1) is 10.2 Å². The predicted octanol–water partition coefficient (Wildman–Crippen LogP) is 1.58. The number of nitrogens with zero attached hydrogens (tertiary/aromatic N) is 3. The zero-order valence-corrected chi connectivity index (χ0v) is 12.7. The molecule has 0 radical (unpaired) electrons. The zero-order valence-electron chi connectivity index (χ0n) is 12.7. The highest BCUT2D eigenvalue weighted by molar-refractivity contribution is 5.73. The number of urea groups is 1. The van der Waals surface area contributed by atoms with Crippen molar-refractivity contribution < 1.29 is 4.79 Å². The first-order valence-electron chi connectivity index (χ1n) is 8.14. The number of carbonyl (C=O) groups excluding carboxylic acids is 1. The van der Waals surface area contributed by atoms with Gasteiger partial charge in [-0.2, -0.15) is 0 Å². The fourth-order valence-corrected chi connectivity index (χ4v) is 3.94. The average molecular weight is 291 g/mol. The second-order valence-electron chi connectivity index (χ2n) is 6.37. The Morgan fingerprint density at radius 2 is 2.29 bits per heavy atom. The molecule has 0 aromatic carbocycles. The number of fused-ring (bicyclic) bond motifs is 2. The van der Waals surface area contributed by atoms with Crippen LogP contribution in [0.4, 0.5) is 4.79 Å². The Labute approximate surface area is 125 Å². The third-order valence-corrected chi connectivity index (χ3v) is 5.06. The predicted molar refractivity (Wildman–Crippen MR) is 79.7 cm³/mol. The second-order valence-corrected chi connectivity index (χ2v) is 6.37. The van der Waals surface area contributed by atoms with Crippen molar-refractivity contribution in [1.82, 2.24) is 25.4 Å². The fourth-order valence-electron chi connectivity index (χ4n) is 3.94. The molecule has 2 aliphatic carbocycles. The van der Waals surface area contributed by atoms with Gasteiger partial charge in [0.25, 0.3) is 0 Å². The smallest absolute Gasteiger partial charge is 0.314 e. The van der Waals surface area contributed by atoms with Crippen LogP contribution in [0, 0.1) is 17.8 Å². The number of nitrogens with one attached hydrogen (secondary N) is 2. The van der Waals surface area contributed by atoms with E-state index < -0.39 is 0 Å². The Bertz CT molecular complexity index is 486. The maximum Gasteiger partial charge on any atom is 0.314 e. The van der Waals surface area contributed by atoms with E-state index in [0.717, 1.165) is 37.2 Å². The third kappa shape index (κ3) is 3.36. The molecule has 2 bridgehead atoms. The van der Waals surface area contributed by atoms with Crippen LogP contribution in [0.1, 0.15) is 38.4 Å². The maximum atomic E-state index is 11.8. The molecule has 1 aromatic rings. The quantitative estimate of drug-likeness (QED) is 0.836. The summed E-state index contributed by atoms with van der Waals surface area (Å²) in [5, 5.41) is 13.9. The first-order valence-corrected chi connectivity index (χ1v) is 8.14. The molecule has 2 aliphatic rings. The van der Waals surface area contributed by atoms with Gasteiger partial charge in [-0.3, -0.25) is 0 Å². The van der Waals surface area contributed by atoms with E-state index in [9.17, 15) is 4.79 Å². The number of hydrogen-bond donors (Lipinski definition) is 2. The van der Waals surface area contributed by atoms with Crippen LogP contribution in [-0.2, 0) is 13.0 Å². The minimum atomic E-state index is -0.0519. The molecular formula is C15H25N5O. The summed E-state index contributed by atoms with van der Waals surface area (Å²) >= 11 is 0. The van der Waals surface area contributed by atoms with Gasteiger partial charge in [0.05, 0.1) is 0 Å². The lowest BCUT2D eigenvalue weighted by atomic mass is 9.89. The zero-order chi connectivity index (χ0) is 14.7. The van der Waals surface area contributed by atoms with Crippen molar-refractivity contribution in [3.63, 3.8) is 0 Å². The highest BCUT2D eigenvalue weighted by Gasteiger charge is 2.39. The lowest BCUT2D eigenvalue weighted by Gasteiger charge is -2.21. The van der Waals surface area contributed by atoms with Crippen LogP contribution in [0.25, 0.3) is 0 Å². The number of hydrogen-bond acceptors (Lipinski definition) is 3. The van der Waals surface area contributed by atoms with E-state index in [4.69, 9.17) is 0 Å². The van der Waals surface area contributed by atoms with E-state index in [1.54, 1.807) is 6.33 Å². The summed E-state index contributed by atoms with van der Waals surface area (Å²) < 4.78 is 1.98. The molecule has 0 aliphatic heterocycles. The van der Waals surface area contributed by atoms with Gasteiger partial charge >= 0.3 is 6.03 Å². The number of rotatable bonds is 6. The third-order valence-electron chi connectivity index (χ3n) is 5.06. The summed E-state index contributed by atoms with van der Waals surface area (Å²) in [5.74, 6) is 3.46. The largest absolute Gasteiger partial charge is 0.338 e. The van der Waals surface area contributed by atoms with Crippen molar-refractivity contribution in [1.29, 1.82) is 0 Å². The summed E-state index contributed by atoms with van der Waals surface area (Å²) in [7, 11) is 0. The van der Waals surface area contributed by atoms with E-state index in [0.29, 0.717) is 12.5 Å². The normalized spacial score (nSPS) is 27.0. The molecule has 116 valence electrons. The number of aromatic nitrogens is 3. The molecule has 6 nitrogen and oxygen atoms in total. The Morgan fingerprint density at radius 1 is 1.38 bits per heavy atom. The van der Waals surface area contributed by atoms with Crippen LogP contribution in [0.2, 0.25) is 0 Å². The SMILES string of the molecule is CCc1nncn1CCNC(=O)NCC1CC2CCC1C2. The summed E-state index contributed by atoms with van der Waals surface area (Å²) in [6.07, 6.45) is 8.05. The molecule has 0 saturated heterocycles. The van der Waals surface area contributed by atoms with Gasteiger partial charge in [0.2, 0.25) is 0 Å². The van der Waals surface area contributed by atoms with Gasteiger partial charge in [0, 0.05) is 26.1 Å². The molecule has 2 saturated carbocycles.